The first-order chi connectivity index (χ1) is 16.9. The van der Waals surface area contributed by atoms with Crippen molar-refractivity contribution in [2.75, 3.05) is 19.5 Å². The smallest absolute Gasteiger partial charge is 0.225 e. The first-order valence-electron chi connectivity index (χ1n) is 12.1. The Kier molecular flexibility index (Phi) is 9.45. The number of hydrogen-bond donors (Lipinski definition) is 2. The molecule has 184 valence electrons. The predicted molar refractivity (Wildman–Crippen MR) is 140 cm³/mol. The number of anilines is 1. The first-order valence-corrected chi connectivity index (χ1v) is 12.1. The summed E-state index contributed by atoms with van der Waals surface area (Å²) in [6.45, 7) is 2.47. The first kappa shape index (κ1) is 26.0. The van der Waals surface area contributed by atoms with Crippen molar-refractivity contribution in [2.45, 2.75) is 51.7 Å². The molecule has 7 nitrogen and oxygen atoms in total. The minimum Gasteiger partial charge on any atom is -0.403 e. The number of methoxy groups -OCH3 is 1. The largest absolute Gasteiger partial charge is 0.403 e. The van der Waals surface area contributed by atoms with Gasteiger partial charge in [0.1, 0.15) is 0 Å². The maximum absolute atomic E-state index is 12.8. The number of nitrogens with two attached hydrogens (primary N) is 1. The zero-order valence-electron chi connectivity index (χ0n) is 20.8. The Bertz CT molecular complexity index is 1100. The molecular formula is C28H35N5O2. The van der Waals surface area contributed by atoms with Gasteiger partial charge in [0, 0.05) is 38.5 Å². The van der Waals surface area contributed by atoms with E-state index in [1.807, 2.05) is 49.2 Å². The molecule has 1 fully saturated rings. The van der Waals surface area contributed by atoms with E-state index in [1.165, 1.54) is 12.6 Å². The fourth-order valence-corrected chi connectivity index (χ4v) is 4.32. The van der Waals surface area contributed by atoms with E-state index in [4.69, 9.17) is 15.5 Å². The van der Waals surface area contributed by atoms with Crippen molar-refractivity contribution >= 4 is 23.0 Å². The number of rotatable bonds is 9. The Morgan fingerprint density at radius 1 is 1.26 bits per heavy atom. The predicted octanol–water partition coefficient (Wildman–Crippen LogP) is 5.12. The number of nitrogens with zero attached hydrogens (tertiary/aromatic N) is 3. The average Bonchev–Trinajstić information content (AvgIpc) is 2.91. The summed E-state index contributed by atoms with van der Waals surface area (Å²) in [5.74, 6) is 0.413. The molecule has 1 saturated carbocycles. The van der Waals surface area contributed by atoms with Gasteiger partial charge in [-0.05, 0) is 55.7 Å². The number of nitrogens with one attached hydrogen (secondary N) is 1. The van der Waals surface area contributed by atoms with E-state index in [0.717, 1.165) is 36.9 Å². The third kappa shape index (κ3) is 7.17. The molecule has 1 aliphatic carbocycles. The topological polar surface area (TPSA) is 104 Å². The Morgan fingerprint density at radius 3 is 2.60 bits per heavy atom. The standard InChI is InChI=1S/C28H35N5O2/c1-20(35-3)27(32-25-11-7-8-22(16-25)17-29)26(18-30)31-24-14-12-21(13-15-24)19-33(2)28(34)23-9-5-4-6-10-23/h7-8,11-16,18,20,23,31H,4-6,9-10,19,30H2,1-3H3/b26-18+,32-27?/t20-/m0/s1. The van der Waals surface area contributed by atoms with Gasteiger partial charge in [0.2, 0.25) is 5.91 Å². The van der Waals surface area contributed by atoms with E-state index < -0.39 is 0 Å². The van der Waals surface area contributed by atoms with Crippen molar-refractivity contribution in [3.05, 3.63) is 71.6 Å². The van der Waals surface area contributed by atoms with Crippen LogP contribution in [-0.2, 0) is 16.1 Å². The number of benzene rings is 2. The van der Waals surface area contributed by atoms with Crippen LogP contribution in [0.25, 0.3) is 0 Å². The molecule has 35 heavy (non-hydrogen) atoms. The van der Waals surface area contributed by atoms with Crippen molar-refractivity contribution < 1.29 is 9.53 Å². The van der Waals surface area contributed by atoms with Gasteiger partial charge in [-0.2, -0.15) is 5.26 Å². The number of amides is 1. The highest BCUT2D eigenvalue weighted by Gasteiger charge is 2.24. The summed E-state index contributed by atoms with van der Waals surface area (Å²) in [6.07, 6.45) is 6.68. The fraction of sp³-hybridized carbons (Fsp3) is 0.393. The number of carbonyl (C=O) groups excluding carboxylic acids is 1. The van der Waals surface area contributed by atoms with Crippen LogP contribution in [0.3, 0.4) is 0 Å². The molecule has 3 rings (SSSR count). The molecular weight excluding hydrogens is 438 g/mol. The van der Waals surface area contributed by atoms with Gasteiger partial charge in [-0.3, -0.25) is 4.79 Å². The maximum Gasteiger partial charge on any atom is 0.225 e. The second kappa shape index (κ2) is 12.7. The number of nitriles is 1. The molecule has 3 N–H and O–H groups in total. The van der Waals surface area contributed by atoms with Gasteiger partial charge >= 0.3 is 0 Å². The second-order valence-electron chi connectivity index (χ2n) is 8.97. The molecule has 7 heteroatoms. The Morgan fingerprint density at radius 2 is 1.97 bits per heavy atom. The van der Waals surface area contributed by atoms with Crippen molar-refractivity contribution in [1.29, 1.82) is 5.26 Å². The third-order valence-electron chi connectivity index (χ3n) is 6.39. The SMILES string of the molecule is CO[C@@H](C)C(=Nc1cccc(C#N)c1)/C(=C\N)Nc1ccc(CN(C)C(=O)C2CCCCC2)cc1. The summed E-state index contributed by atoms with van der Waals surface area (Å²) in [6, 6.07) is 17.1. The van der Waals surface area contributed by atoms with Crippen LogP contribution in [0.2, 0.25) is 0 Å². The van der Waals surface area contributed by atoms with Crippen LogP contribution in [0.4, 0.5) is 11.4 Å². The molecule has 0 heterocycles. The van der Waals surface area contributed by atoms with Gasteiger partial charge in [-0.1, -0.05) is 37.5 Å². The molecule has 0 saturated heterocycles. The van der Waals surface area contributed by atoms with Gasteiger partial charge in [-0.25, -0.2) is 4.99 Å². The van der Waals surface area contributed by atoms with Crippen LogP contribution in [0.1, 0.15) is 50.2 Å². The van der Waals surface area contributed by atoms with Crippen LogP contribution in [0.5, 0.6) is 0 Å². The molecule has 1 aliphatic rings. The second-order valence-corrected chi connectivity index (χ2v) is 8.97. The molecule has 0 radical (unpaired) electrons. The lowest BCUT2D eigenvalue weighted by atomic mass is 9.88. The lowest BCUT2D eigenvalue weighted by Gasteiger charge is -2.26. The van der Waals surface area contributed by atoms with Crippen molar-refractivity contribution in [2.24, 2.45) is 16.6 Å². The van der Waals surface area contributed by atoms with Crippen molar-refractivity contribution in [3.63, 3.8) is 0 Å². The lowest BCUT2D eigenvalue weighted by Crippen LogP contribution is -2.33. The Hall–Kier alpha value is -3.63. The summed E-state index contributed by atoms with van der Waals surface area (Å²) in [7, 11) is 3.49. The van der Waals surface area contributed by atoms with Gasteiger partial charge in [0.25, 0.3) is 0 Å². The zero-order valence-corrected chi connectivity index (χ0v) is 20.8. The summed E-state index contributed by atoms with van der Waals surface area (Å²) in [5.41, 5.74) is 10.3. The van der Waals surface area contributed by atoms with Gasteiger partial charge in [0.15, 0.2) is 0 Å². The quantitative estimate of drug-likeness (QED) is 0.492. The minimum atomic E-state index is -0.332. The number of hydrogen-bond acceptors (Lipinski definition) is 6. The molecule has 0 aliphatic heterocycles. The van der Waals surface area contributed by atoms with Crippen LogP contribution in [0, 0.1) is 17.2 Å². The summed E-state index contributed by atoms with van der Waals surface area (Å²) in [5, 5.41) is 12.5. The molecule has 1 amide bonds. The molecule has 0 spiro atoms. The van der Waals surface area contributed by atoms with E-state index in [1.54, 1.807) is 25.3 Å². The molecule has 2 aromatic rings. The van der Waals surface area contributed by atoms with E-state index >= 15 is 0 Å². The highest BCUT2D eigenvalue weighted by Crippen LogP contribution is 2.26. The summed E-state index contributed by atoms with van der Waals surface area (Å²) in [4.78, 5) is 19.3. The summed E-state index contributed by atoms with van der Waals surface area (Å²) >= 11 is 0. The lowest BCUT2D eigenvalue weighted by molar-refractivity contribution is -0.135. The van der Waals surface area contributed by atoms with E-state index in [2.05, 4.69) is 11.4 Å². The Labute approximate surface area is 208 Å². The third-order valence-corrected chi connectivity index (χ3v) is 6.39. The van der Waals surface area contributed by atoms with E-state index in [9.17, 15) is 10.1 Å². The number of ether oxygens (including phenoxy) is 1. The number of aliphatic imine (C=N–C) groups is 1. The van der Waals surface area contributed by atoms with Gasteiger partial charge in [0.05, 0.1) is 34.8 Å². The van der Waals surface area contributed by atoms with E-state index in [0.29, 0.717) is 29.2 Å². The normalized spacial score (nSPS) is 15.8. The van der Waals surface area contributed by atoms with Crippen LogP contribution < -0.4 is 11.1 Å². The summed E-state index contributed by atoms with van der Waals surface area (Å²) < 4.78 is 5.53. The Balaban J connectivity index is 1.71. The molecule has 0 bridgehead atoms. The molecule has 1 atom stereocenters. The van der Waals surface area contributed by atoms with Crippen LogP contribution in [-0.4, -0.2) is 36.8 Å². The highest BCUT2D eigenvalue weighted by atomic mass is 16.5. The highest BCUT2D eigenvalue weighted by molar-refractivity contribution is 6.06. The molecule has 2 aromatic carbocycles. The monoisotopic (exact) mass is 473 g/mol. The van der Waals surface area contributed by atoms with Crippen LogP contribution in [0.15, 0.2) is 65.4 Å². The van der Waals surface area contributed by atoms with Gasteiger partial charge in [-0.15, -0.1) is 0 Å². The maximum atomic E-state index is 12.8. The minimum absolute atomic E-state index is 0.168. The fourth-order valence-electron chi connectivity index (χ4n) is 4.32. The molecule has 0 aromatic heterocycles. The van der Waals surface area contributed by atoms with E-state index in [-0.39, 0.29) is 17.9 Å². The van der Waals surface area contributed by atoms with Crippen molar-refractivity contribution in [1.82, 2.24) is 4.90 Å². The zero-order chi connectivity index (χ0) is 25.2. The van der Waals surface area contributed by atoms with Crippen molar-refractivity contribution in [3.8, 4) is 6.07 Å². The average molecular weight is 474 g/mol. The van der Waals surface area contributed by atoms with Crippen LogP contribution >= 0.6 is 0 Å². The molecule has 0 unspecified atom stereocenters. The van der Waals surface area contributed by atoms with Gasteiger partial charge < -0.3 is 20.7 Å². The number of carbonyl (C=O) groups is 1.